The Morgan fingerprint density at radius 2 is 2.29 bits per heavy atom. The fraction of sp³-hybridized carbons (Fsp3) is 0.800. The van der Waals surface area contributed by atoms with Gasteiger partial charge in [-0.05, 0) is 13.8 Å². The largest absolute Gasteiger partial charge is 0.301 e. The van der Waals surface area contributed by atoms with Crippen molar-refractivity contribution in [3.63, 3.8) is 0 Å². The minimum Gasteiger partial charge on any atom is -0.301 e. The lowest BCUT2D eigenvalue weighted by molar-refractivity contribution is 0.377. The highest BCUT2D eigenvalue weighted by atomic mass is 15.4. The summed E-state index contributed by atoms with van der Waals surface area (Å²) in [7, 11) is 1.94. The first-order valence-corrected chi connectivity index (χ1v) is 2.51. The maximum atomic E-state index is 3.95. The Labute approximate surface area is 44.8 Å². The van der Waals surface area contributed by atoms with Gasteiger partial charge in [0, 0.05) is 19.8 Å². The van der Waals surface area contributed by atoms with E-state index in [1.54, 1.807) is 6.21 Å². The van der Waals surface area contributed by atoms with Crippen LogP contribution in [0.5, 0.6) is 0 Å². The standard InChI is InChI=1S/C5H12N2/c1-4-6-7(3)5-2/h4H,5H2,1-3H3/b6-4+. The molecule has 0 radical (unpaired) electrons. The second kappa shape index (κ2) is 3.65. The topological polar surface area (TPSA) is 15.6 Å². The zero-order valence-corrected chi connectivity index (χ0v) is 5.18. The fourth-order valence-corrected chi connectivity index (χ4v) is 0.279. The van der Waals surface area contributed by atoms with Crippen LogP contribution in [0.4, 0.5) is 0 Å². The maximum Gasteiger partial charge on any atom is 0.0328 e. The minimum atomic E-state index is 0.977. The summed E-state index contributed by atoms with van der Waals surface area (Å²) < 4.78 is 0. The summed E-state index contributed by atoms with van der Waals surface area (Å²) in [5, 5.41) is 5.83. The summed E-state index contributed by atoms with van der Waals surface area (Å²) in [6, 6.07) is 0. The molecule has 0 aliphatic rings. The van der Waals surface area contributed by atoms with E-state index in [9.17, 15) is 0 Å². The molecular weight excluding hydrogens is 88.1 g/mol. The van der Waals surface area contributed by atoms with Gasteiger partial charge in [0.25, 0.3) is 0 Å². The molecule has 0 amide bonds. The Morgan fingerprint density at radius 1 is 1.71 bits per heavy atom. The molecule has 0 rings (SSSR count). The number of hydrogen-bond donors (Lipinski definition) is 0. The Balaban J connectivity index is 3.16. The molecule has 0 aromatic rings. The Bertz CT molecular complexity index is 59.1. The highest BCUT2D eigenvalue weighted by Crippen LogP contribution is 1.76. The second-order valence-corrected chi connectivity index (χ2v) is 1.35. The van der Waals surface area contributed by atoms with Crippen LogP contribution in [0, 0.1) is 0 Å². The Morgan fingerprint density at radius 3 is 2.43 bits per heavy atom. The first kappa shape index (κ1) is 6.47. The van der Waals surface area contributed by atoms with Gasteiger partial charge in [-0.3, -0.25) is 0 Å². The van der Waals surface area contributed by atoms with E-state index in [1.807, 2.05) is 19.0 Å². The normalized spacial score (nSPS) is 10.1. The lowest BCUT2D eigenvalue weighted by Crippen LogP contribution is -2.08. The van der Waals surface area contributed by atoms with E-state index < -0.39 is 0 Å². The first-order valence-electron chi connectivity index (χ1n) is 2.51. The molecule has 0 aromatic heterocycles. The molecule has 0 N–H and O–H groups in total. The predicted octanol–water partition coefficient (Wildman–Crippen LogP) is 0.944. The van der Waals surface area contributed by atoms with Gasteiger partial charge in [0.15, 0.2) is 0 Å². The third-order valence-corrected chi connectivity index (χ3v) is 0.770. The number of hydrogen-bond acceptors (Lipinski definition) is 2. The molecule has 0 aromatic carbocycles. The van der Waals surface area contributed by atoms with Crippen molar-refractivity contribution in [2.45, 2.75) is 13.8 Å². The maximum absolute atomic E-state index is 3.95. The molecule has 0 unspecified atom stereocenters. The van der Waals surface area contributed by atoms with Crippen LogP contribution < -0.4 is 0 Å². The lowest BCUT2D eigenvalue weighted by Gasteiger charge is -2.05. The molecule has 2 nitrogen and oxygen atoms in total. The number of nitrogens with zero attached hydrogens (tertiary/aromatic N) is 2. The Hall–Kier alpha value is -0.530. The van der Waals surface area contributed by atoms with E-state index in [1.165, 1.54) is 0 Å². The summed E-state index contributed by atoms with van der Waals surface area (Å²) in [6.45, 7) is 4.95. The smallest absolute Gasteiger partial charge is 0.0328 e. The van der Waals surface area contributed by atoms with Gasteiger partial charge in [-0.15, -0.1) is 0 Å². The summed E-state index contributed by atoms with van der Waals surface area (Å²) in [5.41, 5.74) is 0. The van der Waals surface area contributed by atoms with Gasteiger partial charge in [-0.2, -0.15) is 5.10 Å². The molecule has 2 heteroatoms. The lowest BCUT2D eigenvalue weighted by atomic mass is 10.7. The molecule has 0 bridgehead atoms. The van der Waals surface area contributed by atoms with Gasteiger partial charge in [0.2, 0.25) is 0 Å². The molecular formula is C5H12N2. The van der Waals surface area contributed by atoms with Crippen molar-refractivity contribution < 1.29 is 0 Å². The van der Waals surface area contributed by atoms with Crippen LogP contribution in [0.25, 0.3) is 0 Å². The van der Waals surface area contributed by atoms with Gasteiger partial charge < -0.3 is 5.01 Å². The van der Waals surface area contributed by atoms with Crippen molar-refractivity contribution in [1.29, 1.82) is 0 Å². The van der Waals surface area contributed by atoms with E-state index in [4.69, 9.17) is 0 Å². The van der Waals surface area contributed by atoms with Gasteiger partial charge in [0.05, 0.1) is 0 Å². The summed E-state index contributed by atoms with van der Waals surface area (Å²) in [6.07, 6.45) is 1.78. The second-order valence-electron chi connectivity index (χ2n) is 1.35. The molecule has 0 saturated heterocycles. The monoisotopic (exact) mass is 100 g/mol. The van der Waals surface area contributed by atoms with Crippen LogP contribution in [-0.4, -0.2) is 24.8 Å². The first-order chi connectivity index (χ1) is 3.31. The van der Waals surface area contributed by atoms with Crippen LogP contribution in [-0.2, 0) is 0 Å². The van der Waals surface area contributed by atoms with Crippen molar-refractivity contribution in [2.75, 3.05) is 13.6 Å². The SMILES string of the molecule is C/C=N/N(C)CC. The number of hydrazone groups is 1. The van der Waals surface area contributed by atoms with E-state index in [-0.39, 0.29) is 0 Å². The summed E-state index contributed by atoms with van der Waals surface area (Å²) in [5.74, 6) is 0. The zero-order valence-electron chi connectivity index (χ0n) is 5.18. The van der Waals surface area contributed by atoms with E-state index in [0.29, 0.717) is 0 Å². The number of rotatable bonds is 2. The van der Waals surface area contributed by atoms with E-state index >= 15 is 0 Å². The average molecular weight is 100 g/mol. The van der Waals surface area contributed by atoms with Crippen molar-refractivity contribution in [2.24, 2.45) is 5.10 Å². The van der Waals surface area contributed by atoms with Crippen LogP contribution in [0.3, 0.4) is 0 Å². The molecule has 0 saturated carbocycles. The van der Waals surface area contributed by atoms with Crippen LogP contribution in [0.1, 0.15) is 13.8 Å². The van der Waals surface area contributed by atoms with Gasteiger partial charge >= 0.3 is 0 Å². The molecule has 7 heavy (non-hydrogen) atoms. The van der Waals surface area contributed by atoms with Crippen molar-refractivity contribution in [1.82, 2.24) is 5.01 Å². The predicted molar refractivity (Wildman–Crippen MR) is 32.5 cm³/mol. The molecule has 0 aliphatic carbocycles. The molecule has 0 atom stereocenters. The zero-order chi connectivity index (χ0) is 5.70. The summed E-state index contributed by atoms with van der Waals surface area (Å²) >= 11 is 0. The molecule has 0 aliphatic heterocycles. The third-order valence-electron chi connectivity index (χ3n) is 0.770. The van der Waals surface area contributed by atoms with Crippen molar-refractivity contribution >= 4 is 6.21 Å². The van der Waals surface area contributed by atoms with Gasteiger partial charge in [-0.25, -0.2) is 0 Å². The van der Waals surface area contributed by atoms with Crippen LogP contribution >= 0.6 is 0 Å². The summed E-state index contributed by atoms with van der Waals surface area (Å²) in [4.78, 5) is 0. The van der Waals surface area contributed by atoms with E-state index in [0.717, 1.165) is 6.54 Å². The highest BCUT2D eigenvalue weighted by molar-refractivity contribution is 5.52. The van der Waals surface area contributed by atoms with Gasteiger partial charge in [-0.1, -0.05) is 0 Å². The third kappa shape index (κ3) is 3.30. The van der Waals surface area contributed by atoms with Crippen LogP contribution in [0.15, 0.2) is 5.10 Å². The highest BCUT2D eigenvalue weighted by Gasteiger charge is 1.77. The molecule has 0 fully saturated rings. The van der Waals surface area contributed by atoms with Crippen LogP contribution in [0.2, 0.25) is 0 Å². The van der Waals surface area contributed by atoms with Crippen molar-refractivity contribution in [3.8, 4) is 0 Å². The van der Waals surface area contributed by atoms with Gasteiger partial charge in [0.1, 0.15) is 0 Å². The average Bonchev–Trinajstić information content (AvgIpc) is 1.68. The van der Waals surface area contributed by atoms with Crippen molar-refractivity contribution in [3.05, 3.63) is 0 Å². The Kier molecular flexibility index (Phi) is 3.38. The molecule has 0 spiro atoms. The quantitative estimate of drug-likeness (QED) is 0.372. The minimum absolute atomic E-state index is 0.977. The van der Waals surface area contributed by atoms with E-state index in [2.05, 4.69) is 12.0 Å². The molecule has 42 valence electrons. The molecule has 0 heterocycles. The fourth-order valence-electron chi connectivity index (χ4n) is 0.279.